The molecular formula is C19H21F3N4O3S. The molecule has 1 unspecified atom stereocenters. The third-order valence-electron chi connectivity index (χ3n) is 5.23. The van der Waals surface area contributed by atoms with Gasteiger partial charge in [0, 0.05) is 24.5 Å². The number of nitrogens with zero attached hydrogens (tertiary/aromatic N) is 4. The van der Waals surface area contributed by atoms with Crippen molar-refractivity contribution < 1.29 is 27.9 Å². The number of amides is 1. The molecule has 7 nitrogen and oxygen atoms in total. The minimum absolute atomic E-state index is 0.217. The van der Waals surface area contributed by atoms with E-state index in [1.165, 1.54) is 11.2 Å². The Bertz CT molecular complexity index is 864. The molecular weight excluding hydrogens is 421 g/mol. The number of anilines is 1. The fraction of sp³-hybridized carbons (Fsp3) is 0.474. The number of aromatic nitrogens is 2. The Balaban J connectivity index is 0.000000318. The summed E-state index contributed by atoms with van der Waals surface area (Å²) in [4.78, 5) is 35.8. The third-order valence-corrected chi connectivity index (χ3v) is 6.09. The topological polar surface area (TPSA) is 86.6 Å². The first kappa shape index (κ1) is 22.2. The summed E-state index contributed by atoms with van der Waals surface area (Å²) in [5.41, 5.74) is 0.607. The van der Waals surface area contributed by atoms with Crippen molar-refractivity contribution in [2.24, 2.45) is 5.41 Å². The zero-order chi connectivity index (χ0) is 21.8. The summed E-state index contributed by atoms with van der Waals surface area (Å²) in [5, 5.41) is 9.24. The molecule has 1 amide bonds. The second-order valence-corrected chi connectivity index (χ2v) is 8.31. The number of hydrogen-bond donors (Lipinski definition) is 1. The van der Waals surface area contributed by atoms with Crippen LogP contribution in [0.15, 0.2) is 36.2 Å². The average Bonchev–Trinajstić information content (AvgIpc) is 3.32. The van der Waals surface area contributed by atoms with Gasteiger partial charge >= 0.3 is 12.1 Å². The van der Waals surface area contributed by atoms with E-state index in [2.05, 4.69) is 32.4 Å². The van der Waals surface area contributed by atoms with Crippen molar-refractivity contribution in [3.05, 3.63) is 41.1 Å². The Kier molecular flexibility index (Phi) is 6.71. The first-order valence-electron chi connectivity index (χ1n) is 9.33. The molecule has 0 aliphatic carbocycles. The summed E-state index contributed by atoms with van der Waals surface area (Å²) in [6.45, 7) is 3.69. The first-order valence-corrected chi connectivity index (χ1v) is 10.2. The van der Waals surface area contributed by atoms with Gasteiger partial charge < -0.3 is 10.0 Å². The summed E-state index contributed by atoms with van der Waals surface area (Å²) >= 11 is 1.79. The van der Waals surface area contributed by atoms with Gasteiger partial charge in [0.15, 0.2) is 0 Å². The van der Waals surface area contributed by atoms with Crippen LogP contribution in [0.25, 0.3) is 0 Å². The van der Waals surface area contributed by atoms with Gasteiger partial charge in [0.05, 0.1) is 23.5 Å². The number of carbonyl (C=O) groups excluding carboxylic acids is 1. The van der Waals surface area contributed by atoms with E-state index < -0.39 is 12.1 Å². The Morgan fingerprint density at radius 3 is 2.53 bits per heavy atom. The fourth-order valence-electron chi connectivity index (χ4n) is 3.86. The van der Waals surface area contributed by atoms with Crippen LogP contribution < -0.4 is 4.90 Å². The molecule has 1 atom stereocenters. The number of likely N-dealkylation sites (tertiary alicyclic amines) is 1. The van der Waals surface area contributed by atoms with Gasteiger partial charge in [0.1, 0.15) is 6.33 Å². The van der Waals surface area contributed by atoms with Crippen LogP contribution in [0, 0.1) is 5.41 Å². The highest BCUT2D eigenvalue weighted by atomic mass is 32.1. The number of rotatable bonds is 3. The van der Waals surface area contributed by atoms with E-state index in [1.54, 1.807) is 23.7 Å². The van der Waals surface area contributed by atoms with Gasteiger partial charge in [-0.15, -0.1) is 11.3 Å². The summed E-state index contributed by atoms with van der Waals surface area (Å²) < 4.78 is 31.7. The molecule has 2 aliphatic rings. The molecule has 2 aliphatic heterocycles. The minimum atomic E-state index is -5.08. The van der Waals surface area contributed by atoms with E-state index in [0.29, 0.717) is 0 Å². The minimum Gasteiger partial charge on any atom is -0.475 e. The lowest BCUT2D eigenvalue weighted by Gasteiger charge is -2.38. The number of hydrogen-bond acceptors (Lipinski definition) is 6. The molecule has 1 spiro atoms. The Hall–Kier alpha value is -2.53. The highest BCUT2D eigenvalue weighted by Gasteiger charge is 2.49. The number of carboxylic acid groups (broad SMARTS) is 1. The molecule has 162 valence electrons. The summed E-state index contributed by atoms with van der Waals surface area (Å²) in [6, 6.07) is 4.27. The molecule has 0 aromatic carbocycles. The van der Waals surface area contributed by atoms with Crippen molar-refractivity contribution in [3.8, 4) is 0 Å². The van der Waals surface area contributed by atoms with Crippen LogP contribution in [0.4, 0.5) is 18.9 Å². The predicted octanol–water partition coefficient (Wildman–Crippen LogP) is 3.19. The number of thiophene rings is 1. The molecule has 2 aromatic heterocycles. The zero-order valence-electron chi connectivity index (χ0n) is 16.0. The van der Waals surface area contributed by atoms with Gasteiger partial charge in [-0.3, -0.25) is 9.69 Å². The number of alkyl halides is 3. The number of halogens is 3. The summed E-state index contributed by atoms with van der Waals surface area (Å²) in [6.07, 6.45) is 2.91. The second kappa shape index (κ2) is 9.09. The van der Waals surface area contributed by atoms with Crippen molar-refractivity contribution in [3.63, 3.8) is 0 Å². The maximum absolute atomic E-state index is 13.1. The lowest BCUT2D eigenvalue weighted by atomic mass is 9.78. The van der Waals surface area contributed by atoms with Crippen molar-refractivity contribution in [1.29, 1.82) is 0 Å². The van der Waals surface area contributed by atoms with Gasteiger partial charge in [-0.05, 0) is 37.3 Å². The monoisotopic (exact) mass is 442 g/mol. The Labute approximate surface area is 175 Å². The number of carboxylic acids is 1. The SMILES string of the molecule is O=C(O)C(F)(F)F.O=C1N(c2cncnc2)CCC12CCCN(Cc1cccs1)C2. The van der Waals surface area contributed by atoms with Crippen LogP contribution in [0.3, 0.4) is 0 Å². The van der Waals surface area contributed by atoms with Gasteiger partial charge in [0.2, 0.25) is 5.91 Å². The van der Waals surface area contributed by atoms with Crippen molar-refractivity contribution in [1.82, 2.24) is 14.9 Å². The van der Waals surface area contributed by atoms with E-state index in [1.807, 2.05) is 4.90 Å². The predicted molar refractivity (Wildman–Crippen MR) is 104 cm³/mol. The van der Waals surface area contributed by atoms with Crippen molar-refractivity contribution >= 4 is 28.9 Å². The molecule has 4 rings (SSSR count). The highest BCUT2D eigenvalue weighted by molar-refractivity contribution is 7.09. The summed E-state index contributed by atoms with van der Waals surface area (Å²) in [5.74, 6) is -2.50. The van der Waals surface area contributed by atoms with Gasteiger partial charge in [0.25, 0.3) is 0 Å². The highest BCUT2D eigenvalue weighted by Crippen LogP contribution is 2.42. The van der Waals surface area contributed by atoms with Crippen LogP contribution in [0.5, 0.6) is 0 Å². The number of carbonyl (C=O) groups is 2. The lowest BCUT2D eigenvalue weighted by Crippen LogP contribution is -2.47. The van der Waals surface area contributed by atoms with Crippen LogP contribution in [-0.4, -0.2) is 57.7 Å². The molecule has 0 radical (unpaired) electrons. The second-order valence-electron chi connectivity index (χ2n) is 7.28. The largest absolute Gasteiger partial charge is 0.490 e. The fourth-order valence-corrected chi connectivity index (χ4v) is 4.61. The summed E-state index contributed by atoms with van der Waals surface area (Å²) in [7, 11) is 0. The molecule has 30 heavy (non-hydrogen) atoms. The van der Waals surface area contributed by atoms with Gasteiger partial charge in [-0.1, -0.05) is 6.07 Å². The molecule has 2 aromatic rings. The molecule has 2 saturated heterocycles. The van der Waals surface area contributed by atoms with Crippen LogP contribution in [0.1, 0.15) is 24.1 Å². The van der Waals surface area contributed by atoms with Crippen LogP contribution in [0.2, 0.25) is 0 Å². The van der Waals surface area contributed by atoms with Gasteiger partial charge in [-0.2, -0.15) is 13.2 Å². The molecule has 2 fully saturated rings. The Morgan fingerprint density at radius 1 is 1.23 bits per heavy atom. The van der Waals surface area contributed by atoms with E-state index in [9.17, 15) is 18.0 Å². The van der Waals surface area contributed by atoms with E-state index in [-0.39, 0.29) is 11.3 Å². The lowest BCUT2D eigenvalue weighted by molar-refractivity contribution is -0.192. The van der Waals surface area contributed by atoms with Crippen molar-refractivity contribution in [2.45, 2.75) is 32.0 Å². The molecule has 0 bridgehead atoms. The van der Waals surface area contributed by atoms with E-state index >= 15 is 0 Å². The molecule has 1 N–H and O–H groups in total. The number of aliphatic carboxylic acids is 1. The quantitative estimate of drug-likeness (QED) is 0.786. The molecule has 4 heterocycles. The average molecular weight is 442 g/mol. The smallest absolute Gasteiger partial charge is 0.475 e. The maximum atomic E-state index is 13.1. The third kappa shape index (κ3) is 5.14. The van der Waals surface area contributed by atoms with Crippen LogP contribution >= 0.6 is 11.3 Å². The van der Waals surface area contributed by atoms with E-state index in [4.69, 9.17) is 9.90 Å². The first-order chi connectivity index (χ1) is 14.2. The molecule has 0 saturated carbocycles. The zero-order valence-corrected chi connectivity index (χ0v) is 16.8. The normalized spacial score (nSPS) is 22.1. The Morgan fingerprint density at radius 2 is 1.93 bits per heavy atom. The number of piperidine rings is 1. The van der Waals surface area contributed by atoms with Crippen molar-refractivity contribution in [2.75, 3.05) is 24.5 Å². The molecule has 11 heteroatoms. The van der Waals surface area contributed by atoms with E-state index in [0.717, 1.165) is 51.1 Å². The van der Waals surface area contributed by atoms with Gasteiger partial charge in [-0.25, -0.2) is 14.8 Å². The maximum Gasteiger partial charge on any atom is 0.490 e. The van der Waals surface area contributed by atoms with Crippen LogP contribution in [-0.2, 0) is 16.1 Å². The standard InChI is InChI=1S/C17H20N4OS.C2HF3O2/c22-16-17(5-7-21(16)14-9-18-13-19-10-14)4-2-6-20(12-17)11-15-3-1-8-23-15;3-2(4,5)1(6)7/h1,3,8-10,13H,2,4-7,11-12H2;(H,6,7).